The number of hydrogen-bond acceptors (Lipinski definition) is 7. The third-order valence-electron chi connectivity index (χ3n) is 9.91. The molecule has 2 aliphatic heterocycles. The fraction of sp³-hybridized carbons (Fsp3) is 0.593. The molecule has 0 bridgehead atoms. The molecular formula is C27H30O7. The van der Waals surface area contributed by atoms with Crippen LogP contribution in [0.5, 0.6) is 0 Å². The third-order valence-corrected chi connectivity index (χ3v) is 9.91. The molecule has 180 valence electrons. The highest BCUT2D eigenvalue weighted by Gasteiger charge is 2.77. The Hall–Kier alpha value is -2.67. The number of furan rings is 1. The van der Waals surface area contributed by atoms with E-state index < -0.39 is 40.3 Å². The van der Waals surface area contributed by atoms with Crippen molar-refractivity contribution < 1.29 is 33.0 Å². The number of ether oxygens (including phenoxy) is 3. The standard InChI is InChI=1S/C27H30O7/c1-13-15(14-7-9-32-12-14)10-16-20(13)27(4)17(11-19(29)31-5)26(3)18(28)6-8-25(2)22(26)21(23(27)33-16)34-24(25)30/h6-9,12,15-17,21-23H,10-11H2,1-5H3/t15?,16?,17-,21-,22?,23-,25-,26+,27-/m1/s1. The number of hydrogen-bond donors (Lipinski definition) is 0. The molecule has 9 atom stereocenters. The Morgan fingerprint density at radius 2 is 1.97 bits per heavy atom. The molecule has 0 amide bonds. The van der Waals surface area contributed by atoms with Gasteiger partial charge in [-0.15, -0.1) is 0 Å². The van der Waals surface area contributed by atoms with Crippen molar-refractivity contribution in [2.24, 2.45) is 28.1 Å². The van der Waals surface area contributed by atoms with Gasteiger partial charge >= 0.3 is 11.9 Å². The van der Waals surface area contributed by atoms with E-state index in [4.69, 9.17) is 18.6 Å². The first-order valence-corrected chi connectivity index (χ1v) is 12.0. The Morgan fingerprint density at radius 1 is 1.21 bits per heavy atom. The van der Waals surface area contributed by atoms with Gasteiger partial charge in [0.25, 0.3) is 0 Å². The number of carbonyl (C=O) groups is 3. The lowest BCUT2D eigenvalue weighted by molar-refractivity contribution is -0.190. The van der Waals surface area contributed by atoms with Crippen LogP contribution < -0.4 is 0 Å². The fourth-order valence-corrected chi connectivity index (χ4v) is 8.41. The molecular weight excluding hydrogens is 436 g/mol. The van der Waals surface area contributed by atoms with Crippen LogP contribution in [0.2, 0.25) is 0 Å². The van der Waals surface area contributed by atoms with E-state index in [9.17, 15) is 14.4 Å². The molecule has 7 heteroatoms. The molecule has 6 rings (SSSR count). The van der Waals surface area contributed by atoms with Crippen molar-refractivity contribution in [2.45, 2.75) is 64.8 Å². The average Bonchev–Trinajstić information content (AvgIpc) is 3.54. The molecule has 0 spiro atoms. The SMILES string of the molecule is COC(=O)C[C@H]1[C@]2(C)C3=C(C)C(c4ccoc4)CC3O[C@@H]2[C@@H]2OC(=O)[C@]3(C)C=CC(=O)[C@@]1(C)C23. The number of methoxy groups -OCH3 is 1. The van der Waals surface area contributed by atoms with E-state index in [0.717, 1.165) is 17.6 Å². The van der Waals surface area contributed by atoms with Crippen molar-refractivity contribution in [3.05, 3.63) is 47.5 Å². The van der Waals surface area contributed by atoms with Crippen LogP contribution in [0.3, 0.4) is 0 Å². The number of carbonyl (C=O) groups excluding carboxylic acids is 3. The lowest BCUT2D eigenvalue weighted by Crippen LogP contribution is -2.66. The predicted octanol–water partition coefficient (Wildman–Crippen LogP) is 3.74. The number of rotatable bonds is 3. The minimum atomic E-state index is -0.987. The molecule has 3 fully saturated rings. The monoisotopic (exact) mass is 466 g/mol. The summed E-state index contributed by atoms with van der Waals surface area (Å²) in [4.78, 5) is 39.6. The minimum Gasteiger partial charge on any atom is -0.472 e. The van der Waals surface area contributed by atoms with Crippen molar-refractivity contribution in [2.75, 3.05) is 7.11 Å². The summed E-state index contributed by atoms with van der Waals surface area (Å²) in [5, 5.41) is 0. The first-order valence-electron chi connectivity index (χ1n) is 12.0. The highest BCUT2D eigenvalue weighted by atomic mass is 16.6. The van der Waals surface area contributed by atoms with Gasteiger partial charge in [-0.2, -0.15) is 0 Å². The molecule has 5 aliphatic rings. The normalized spacial score (nSPS) is 46.3. The molecule has 7 nitrogen and oxygen atoms in total. The van der Waals surface area contributed by atoms with Crippen molar-refractivity contribution in [3.63, 3.8) is 0 Å². The summed E-state index contributed by atoms with van der Waals surface area (Å²) in [6, 6.07) is 1.97. The maximum atomic E-state index is 13.7. The Kier molecular flexibility index (Phi) is 4.31. The van der Waals surface area contributed by atoms with Crippen molar-refractivity contribution in [1.29, 1.82) is 0 Å². The molecule has 1 aromatic rings. The minimum absolute atomic E-state index is 0.0658. The van der Waals surface area contributed by atoms with Crippen LogP contribution in [0.15, 0.2) is 46.3 Å². The van der Waals surface area contributed by atoms with E-state index in [1.807, 2.05) is 19.9 Å². The van der Waals surface area contributed by atoms with Crippen LogP contribution in [0.1, 0.15) is 52.0 Å². The van der Waals surface area contributed by atoms with E-state index in [0.29, 0.717) is 0 Å². The number of fused-ring (bicyclic) bond motifs is 4. The van der Waals surface area contributed by atoms with Crippen LogP contribution in [-0.4, -0.2) is 43.1 Å². The van der Waals surface area contributed by atoms with Crippen LogP contribution >= 0.6 is 0 Å². The quantitative estimate of drug-likeness (QED) is 0.495. The molecule has 2 saturated heterocycles. The predicted molar refractivity (Wildman–Crippen MR) is 119 cm³/mol. The van der Waals surface area contributed by atoms with Gasteiger partial charge in [-0.25, -0.2) is 0 Å². The molecule has 3 aliphatic carbocycles. The Balaban J connectivity index is 1.58. The van der Waals surface area contributed by atoms with Crippen molar-refractivity contribution >= 4 is 17.7 Å². The summed E-state index contributed by atoms with van der Waals surface area (Å²) in [5.41, 5.74) is 0.794. The van der Waals surface area contributed by atoms with Gasteiger partial charge in [0.1, 0.15) is 12.2 Å². The maximum absolute atomic E-state index is 13.7. The zero-order valence-electron chi connectivity index (χ0n) is 20.1. The van der Waals surface area contributed by atoms with Gasteiger partial charge < -0.3 is 18.6 Å². The van der Waals surface area contributed by atoms with Gasteiger partial charge in [0.15, 0.2) is 5.78 Å². The fourth-order valence-electron chi connectivity index (χ4n) is 8.41. The van der Waals surface area contributed by atoms with Gasteiger partial charge in [-0.3, -0.25) is 14.4 Å². The van der Waals surface area contributed by atoms with Crippen LogP contribution in [-0.2, 0) is 28.6 Å². The Bertz CT molecular complexity index is 1160. The lowest BCUT2D eigenvalue weighted by atomic mass is 9.42. The Labute approximate surface area is 198 Å². The summed E-state index contributed by atoms with van der Waals surface area (Å²) in [6.45, 7) is 7.96. The average molecular weight is 467 g/mol. The van der Waals surface area contributed by atoms with E-state index in [1.54, 1.807) is 18.6 Å². The summed E-state index contributed by atoms with van der Waals surface area (Å²) in [6.07, 6.45) is 6.29. The number of ketones is 1. The van der Waals surface area contributed by atoms with E-state index in [1.165, 1.54) is 18.8 Å². The molecule has 1 saturated carbocycles. The van der Waals surface area contributed by atoms with Crippen LogP contribution in [0.4, 0.5) is 0 Å². The summed E-state index contributed by atoms with van der Waals surface area (Å²) >= 11 is 0. The second kappa shape index (κ2) is 6.72. The van der Waals surface area contributed by atoms with Gasteiger partial charge in [-0.05, 0) is 49.5 Å². The second-order valence-electron chi connectivity index (χ2n) is 11.2. The van der Waals surface area contributed by atoms with E-state index >= 15 is 0 Å². The third kappa shape index (κ3) is 2.34. The molecule has 3 unspecified atom stereocenters. The van der Waals surface area contributed by atoms with E-state index in [2.05, 4.69) is 13.8 Å². The van der Waals surface area contributed by atoms with Crippen LogP contribution in [0.25, 0.3) is 0 Å². The van der Waals surface area contributed by atoms with E-state index in [-0.39, 0.29) is 36.2 Å². The lowest BCUT2D eigenvalue weighted by Gasteiger charge is -2.59. The van der Waals surface area contributed by atoms with Gasteiger partial charge in [-0.1, -0.05) is 25.5 Å². The van der Waals surface area contributed by atoms with Gasteiger partial charge in [0, 0.05) is 22.7 Å². The number of esters is 2. The van der Waals surface area contributed by atoms with Crippen molar-refractivity contribution in [1.82, 2.24) is 0 Å². The molecule has 1 aromatic heterocycles. The molecule has 34 heavy (non-hydrogen) atoms. The molecule has 3 heterocycles. The summed E-state index contributed by atoms with van der Waals surface area (Å²) < 4.78 is 23.2. The molecule has 0 aromatic carbocycles. The highest BCUT2D eigenvalue weighted by molar-refractivity contribution is 6.00. The molecule has 0 radical (unpaired) electrons. The first-order chi connectivity index (χ1) is 16.1. The van der Waals surface area contributed by atoms with Crippen LogP contribution in [0, 0.1) is 28.1 Å². The Morgan fingerprint density at radius 3 is 2.65 bits per heavy atom. The largest absolute Gasteiger partial charge is 0.472 e. The maximum Gasteiger partial charge on any atom is 0.316 e. The summed E-state index contributed by atoms with van der Waals surface area (Å²) in [7, 11) is 1.37. The number of allylic oxidation sites excluding steroid dienone is 2. The zero-order chi connectivity index (χ0) is 24.2. The first kappa shape index (κ1) is 21.8. The highest BCUT2D eigenvalue weighted by Crippen LogP contribution is 2.72. The summed E-state index contributed by atoms with van der Waals surface area (Å²) in [5.74, 6) is -1.46. The smallest absolute Gasteiger partial charge is 0.316 e. The molecule has 0 N–H and O–H groups in total. The van der Waals surface area contributed by atoms with Gasteiger partial charge in [0.05, 0.1) is 37.6 Å². The topological polar surface area (TPSA) is 92.0 Å². The van der Waals surface area contributed by atoms with Crippen molar-refractivity contribution in [3.8, 4) is 0 Å². The zero-order valence-corrected chi connectivity index (χ0v) is 20.1. The van der Waals surface area contributed by atoms with Gasteiger partial charge in [0.2, 0.25) is 0 Å². The second-order valence-corrected chi connectivity index (χ2v) is 11.2.